The van der Waals surface area contributed by atoms with E-state index >= 15 is 0 Å². The van der Waals surface area contributed by atoms with Crippen molar-refractivity contribution in [2.75, 3.05) is 13.1 Å². The Morgan fingerprint density at radius 2 is 1.21 bits per heavy atom. The van der Waals surface area contributed by atoms with Crippen molar-refractivity contribution in [3.63, 3.8) is 0 Å². The van der Waals surface area contributed by atoms with Gasteiger partial charge in [-0.3, -0.25) is 19.6 Å². The second kappa shape index (κ2) is 9.08. The van der Waals surface area contributed by atoms with Crippen molar-refractivity contribution in [2.45, 2.75) is 26.7 Å². The minimum absolute atomic E-state index is 0.123. The molecule has 0 aliphatic heterocycles. The van der Waals surface area contributed by atoms with Crippen molar-refractivity contribution >= 4 is 23.0 Å². The zero-order valence-electron chi connectivity index (χ0n) is 16.2. The van der Waals surface area contributed by atoms with Crippen LogP contribution in [0, 0.1) is 0 Å². The SMILES string of the molecule is CCNC=CN=C1C=C2C(=O)C3=CCC(=NC=CNCC)C=C3C(=O)C2=CC1. The van der Waals surface area contributed by atoms with E-state index in [2.05, 4.69) is 20.6 Å². The molecule has 0 aromatic heterocycles. The highest BCUT2D eigenvalue weighted by atomic mass is 16.1. The number of hydrogen-bond acceptors (Lipinski definition) is 6. The van der Waals surface area contributed by atoms with Gasteiger partial charge in [-0.1, -0.05) is 12.2 Å². The summed E-state index contributed by atoms with van der Waals surface area (Å²) in [5, 5.41) is 6.08. The number of nitrogens with zero attached hydrogens (tertiary/aromatic N) is 2. The maximum absolute atomic E-state index is 12.9. The lowest BCUT2D eigenvalue weighted by Crippen LogP contribution is -2.29. The Hall–Kier alpha value is -3.28. The first-order valence-electron chi connectivity index (χ1n) is 9.49. The summed E-state index contributed by atoms with van der Waals surface area (Å²) in [5.74, 6) is -0.246. The Morgan fingerprint density at radius 3 is 1.61 bits per heavy atom. The summed E-state index contributed by atoms with van der Waals surface area (Å²) >= 11 is 0. The van der Waals surface area contributed by atoms with Crippen LogP contribution in [-0.4, -0.2) is 36.1 Å². The summed E-state index contributed by atoms with van der Waals surface area (Å²) in [6.07, 6.45) is 14.9. The largest absolute Gasteiger partial charge is 0.390 e. The van der Waals surface area contributed by atoms with Crippen LogP contribution in [0.5, 0.6) is 0 Å². The van der Waals surface area contributed by atoms with Crippen molar-refractivity contribution in [2.24, 2.45) is 9.98 Å². The highest BCUT2D eigenvalue weighted by Gasteiger charge is 2.37. The van der Waals surface area contributed by atoms with Gasteiger partial charge in [0.05, 0.1) is 0 Å². The van der Waals surface area contributed by atoms with Gasteiger partial charge in [0.25, 0.3) is 0 Å². The maximum atomic E-state index is 12.9. The molecule has 0 heterocycles. The molecule has 6 nitrogen and oxygen atoms in total. The molecule has 2 N–H and O–H groups in total. The Balaban J connectivity index is 1.85. The minimum Gasteiger partial charge on any atom is -0.390 e. The zero-order valence-corrected chi connectivity index (χ0v) is 16.2. The maximum Gasteiger partial charge on any atom is 0.194 e. The molecular weight excluding hydrogens is 352 g/mol. The Kier molecular flexibility index (Phi) is 6.32. The predicted molar refractivity (Wildman–Crippen MR) is 112 cm³/mol. The predicted octanol–water partition coefficient (Wildman–Crippen LogP) is 2.69. The van der Waals surface area contributed by atoms with Crippen LogP contribution < -0.4 is 10.6 Å². The van der Waals surface area contributed by atoms with Crippen LogP contribution >= 0.6 is 0 Å². The monoisotopic (exact) mass is 376 g/mol. The van der Waals surface area contributed by atoms with E-state index in [1.807, 2.05) is 13.8 Å². The molecule has 0 amide bonds. The number of rotatable bonds is 6. The lowest BCUT2D eigenvalue weighted by atomic mass is 9.75. The average Bonchev–Trinajstić information content (AvgIpc) is 2.72. The summed E-state index contributed by atoms with van der Waals surface area (Å²) in [7, 11) is 0. The minimum atomic E-state index is -0.123. The van der Waals surface area contributed by atoms with E-state index in [1.54, 1.807) is 49.1 Å². The fraction of sp³-hybridized carbons (Fsp3) is 0.273. The van der Waals surface area contributed by atoms with Crippen LogP contribution in [0.4, 0.5) is 0 Å². The molecule has 3 rings (SSSR count). The Labute approximate surface area is 164 Å². The van der Waals surface area contributed by atoms with Crippen LogP contribution in [0.15, 0.2) is 81.4 Å². The summed E-state index contributed by atoms with van der Waals surface area (Å²) in [6.45, 7) is 5.63. The van der Waals surface area contributed by atoms with Crippen molar-refractivity contribution in [3.8, 4) is 0 Å². The highest BCUT2D eigenvalue weighted by molar-refractivity contribution is 6.37. The van der Waals surface area contributed by atoms with Gasteiger partial charge in [-0.15, -0.1) is 0 Å². The number of carbonyl (C=O) groups is 2. The molecule has 0 unspecified atom stereocenters. The summed E-state index contributed by atoms with van der Waals surface area (Å²) in [5.41, 5.74) is 3.31. The second-order valence-corrected chi connectivity index (χ2v) is 6.41. The van der Waals surface area contributed by atoms with Crippen LogP contribution in [0.1, 0.15) is 26.7 Å². The normalized spacial score (nSPS) is 22.1. The molecule has 3 aliphatic rings. The first-order chi connectivity index (χ1) is 13.7. The molecule has 144 valence electrons. The third-order valence-corrected chi connectivity index (χ3v) is 4.49. The van der Waals surface area contributed by atoms with Gasteiger partial charge in [0.15, 0.2) is 11.6 Å². The summed E-state index contributed by atoms with van der Waals surface area (Å²) in [4.78, 5) is 34.6. The summed E-state index contributed by atoms with van der Waals surface area (Å²) < 4.78 is 0. The first-order valence-corrected chi connectivity index (χ1v) is 9.49. The lowest BCUT2D eigenvalue weighted by molar-refractivity contribution is -0.117. The first kappa shape index (κ1) is 19.5. The third kappa shape index (κ3) is 4.17. The van der Waals surface area contributed by atoms with Crippen molar-refractivity contribution in [3.05, 3.63) is 71.4 Å². The zero-order chi connectivity index (χ0) is 19.9. The molecule has 6 heteroatoms. The Bertz CT molecular complexity index is 848. The molecular formula is C22H24N4O2. The van der Waals surface area contributed by atoms with E-state index in [1.165, 1.54) is 0 Å². The van der Waals surface area contributed by atoms with Gasteiger partial charge in [-0.25, -0.2) is 0 Å². The van der Waals surface area contributed by atoms with Gasteiger partial charge in [0.1, 0.15) is 0 Å². The quantitative estimate of drug-likeness (QED) is 0.747. The Morgan fingerprint density at radius 1 is 0.786 bits per heavy atom. The number of fused-ring (bicyclic) bond motifs is 2. The molecule has 0 aromatic carbocycles. The standard InChI is InChI=1S/C22H24N4O2/c1-3-23-9-11-25-15-5-7-17-19(13-15)21(27)18-8-6-16(14-20(18)22(17)28)26-12-10-24-4-2/h7-14,23-24H,3-6H2,1-2H3. The van der Waals surface area contributed by atoms with Crippen LogP contribution in [0.3, 0.4) is 0 Å². The number of allylic oxidation sites excluding steroid dienone is 8. The van der Waals surface area contributed by atoms with Gasteiger partial charge in [0.2, 0.25) is 0 Å². The molecule has 0 saturated heterocycles. The molecule has 0 bridgehead atoms. The van der Waals surface area contributed by atoms with E-state index in [4.69, 9.17) is 0 Å². The molecule has 3 aliphatic carbocycles. The average molecular weight is 376 g/mol. The number of hydrogen-bond donors (Lipinski definition) is 2. The van der Waals surface area contributed by atoms with Gasteiger partial charge in [0, 0.05) is 84.4 Å². The molecule has 0 atom stereocenters. The number of carbonyl (C=O) groups excluding carboxylic acids is 2. The molecule has 1 saturated carbocycles. The van der Waals surface area contributed by atoms with E-state index in [0.29, 0.717) is 35.1 Å². The van der Waals surface area contributed by atoms with Crippen molar-refractivity contribution in [1.29, 1.82) is 0 Å². The van der Waals surface area contributed by atoms with Crippen LogP contribution in [0.2, 0.25) is 0 Å². The summed E-state index contributed by atoms with van der Waals surface area (Å²) in [6, 6.07) is 0. The van der Waals surface area contributed by atoms with Crippen LogP contribution in [-0.2, 0) is 9.59 Å². The molecule has 1 fully saturated rings. The fourth-order valence-corrected chi connectivity index (χ4v) is 3.12. The van der Waals surface area contributed by atoms with Crippen molar-refractivity contribution in [1.82, 2.24) is 10.6 Å². The van der Waals surface area contributed by atoms with Crippen LogP contribution in [0.25, 0.3) is 0 Å². The molecule has 0 radical (unpaired) electrons. The molecule has 28 heavy (non-hydrogen) atoms. The number of ketones is 2. The van der Waals surface area contributed by atoms with Crippen molar-refractivity contribution < 1.29 is 9.59 Å². The highest BCUT2D eigenvalue weighted by Crippen LogP contribution is 2.35. The smallest absolute Gasteiger partial charge is 0.194 e. The van der Waals surface area contributed by atoms with Gasteiger partial charge in [-0.2, -0.15) is 0 Å². The van der Waals surface area contributed by atoms with Gasteiger partial charge >= 0.3 is 0 Å². The van der Waals surface area contributed by atoms with Gasteiger partial charge in [-0.05, 0) is 26.0 Å². The lowest BCUT2D eigenvalue weighted by Gasteiger charge is -2.26. The molecule has 0 aromatic rings. The number of nitrogens with one attached hydrogen (secondary N) is 2. The van der Waals surface area contributed by atoms with E-state index in [9.17, 15) is 9.59 Å². The second-order valence-electron chi connectivity index (χ2n) is 6.41. The number of aliphatic imine (C=N–C) groups is 2. The topological polar surface area (TPSA) is 82.9 Å². The number of Topliss-reactive ketones (excluding diaryl/α,β-unsaturated/α-hetero) is 2. The third-order valence-electron chi connectivity index (χ3n) is 4.49. The van der Waals surface area contributed by atoms with E-state index in [-0.39, 0.29) is 11.6 Å². The van der Waals surface area contributed by atoms with E-state index < -0.39 is 0 Å². The van der Waals surface area contributed by atoms with E-state index in [0.717, 1.165) is 24.5 Å². The fourth-order valence-electron chi connectivity index (χ4n) is 3.12. The van der Waals surface area contributed by atoms with Gasteiger partial charge < -0.3 is 10.6 Å². The molecule has 0 spiro atoms.